The number of pyridine rings is 1. The minimum Gasteiger partial charge on any atom is -0.309 e. The van der Waals surface area contributed by atoms with Crippen molar-refractivity contribution in [3.63, 3.8) is 0 Å². The number of nitrogens with one attached hydrogen (secondary N) is 1. The van der Waals surface area contributed by atoms with Gasteiger partial charge in [-0.1, -0.05) is 6.07 Å². The van der Waals surface area contributed by atoms with Crippen LogP contribution in [0.3, 0.4) is 0 Å². The van der Waals surface area contributed by atoms with Crippen LogP contribution in [0.4, 0.5) is 5.82 Å². The minimum absolute atomic E-state index is 0.122. The summed E-state index contributed by atoms with van der Waals surface area (Å²) >= 11 is 0. The first kappa shape index (κ1) is 10.4. The summed E-state index contributed by atoms with van der Waals surface area (Å²) in [5.74, 6) is 0.437. The van der Waals surface area contributed by atoms with Crippen LogP contribution in [0.15, 0.2) is 36.7 Å². The number of rotatable bonds is 3. The Labute approximate surface area is 93.1 Å². The lowest BCUT2D eigenvalue weighted by Gasteiger charge is -2.00. The summed E-state index contributed by atoms with van der Waals surface area (Å²) in [5, 5.41) is 6.81. The van der Waals surface area contributed by atoms with Crippen LogP contribution in [0.2, 0.25) is 0 Å². The fraction of sp³-hybridized carbons (Fsp3) is 0.182. The molecule has 82 valence electrons. The largest absolute Gasteiger partial charge is 0.309 e. The maximum atomic E-state index is 10.8. The first-order valence-corrected chi connectivity index (χ1v) is 4.95. The second kappa shape index (κ2) is 4.57. The average Bonchev–Trinajstić information content (AvgIpc) is 2.66. The van der Waals surface area contributed by atoms with Crippen molar-refractivity contribution in [1.29, 1.82) is 0 Å². The van der Waals surface area contributed by atoms with Gasteiger partial charge in [0, 0.05) is 25.4 Å². The first-order valence-electron chi connectivity index (χ1n) is 4.95. The van der Waals surface area contributed by atoms with Crippen LogP contribution in [0, 0.1) is 0 Å². The predicted octanol–water partition coefficient (Wildman–Crippen LogP) is 1.28. The van der Waals surface area contributed by atoms with E-state index in [1.54, 1.807) is 23.1 Å². The van der Waals surface area contributed by atoms with Gasteiger partial charge in [-0.2, -0.15) is 5.10 Å². The van der Waals surface area contributed by atoms with Crippen molar-refractivity contribution in [2.45, 2.75) is 13.5 Å². The van der Waals surface area contributed by atoms with Crippen LogP contribution in [-0.2, 0) is 11.3 Å². The highest BCUT2D eigenvalue weighted by Crippen LogP contribution is 2.04. The average molecular weight is 216 g/mol. The Morgan fingerprint density at radius 3 is 3.00 bits per heavy atom. The van der Waals surface area contributed by atoms with Crippen LogP contribution >= 0.6 is 0 Å². The van der Waals surface area contributed by atoms with Crippen molar-refractivity contribution < 1.29 is 4.79 Å². The molecule has 0 atom stereocenters. The van der Waals surface area contributed by atoms with Gasteiger partial charge in [0.15, 0.2) is 5.82 Å². The number of hydrogen-bond acceptors (Lipinski definition) is 3. The molecule has 16 heavy (non-hydrogen) atoms. The summed E-state index contributed by atoms with van der Waals surface area (Å²) in [6.45, 7) is 2.05. The Kier molecular flexibility index (Phi) is 2.95. The normalized spacial score (nSPS) is 10.1. The molecule has 0 fully saturated rings. The van der Waals surface area contributed by atoms with Crippen LogP contribution in [0.25, 0.3) is 0 Å². The number of carbonyl (C=O) groups is 1. The molecule has 0 aliphatic heterocycles. The molecule has 0 radical (unpaired) electrons. The highest BCUT2D eigenvalue weighted by Gasteiger charge is 2.01. The van der Waals surface area contributed by atoms with Crippen LogP contribution < -0.4 is 5.32 Å². The molecule has 5 heteroatoms. The number of nitrogens with zero attached hydrogens (tertiary/aromatic N) is 3. The first-order chi connectivity index (χ1) is 7.74. The van der Waals surface area contributed by atoms with E-state index in [-0.39, 0.29) is 5.91 Å². The molecular weight excluding hydrogens is 204 g/mol. The van der Waals surface area contributed by atoms with Gasteiger partial charge in [-0.15, -0.1) is 0 Å². The van der Waals surface area contributed by atoms with E-state index in [2.05, 4.69) is 15.4 Å². The third-order valence-corrected chi connectivity index (χ3v) is 1.99. The van der Waals surface area contributed by atoms with Gasteiger partial charge < -0.3 is 5.32 Å². The van der Waals surface area contributed by atoms with Gasteiger partial charge in [-0.05, 0) is 12.1 Å². The van der Waals surface area contributed by atoms with Gasteiger partial charge in [0.2, 0.25) is 5.91 Å². The van der Waals surface area contributed by atoms with Crippen molar-refractivity contribution in [2.75, 3.05) is 5.32 Å². The van der Waals surface area contributed by atoms with Crippen LogP contribution in [0.1, 0.15) is 12.6 Å². The number of amides is 1. The van der Waals surface area contributed by atoms with Gasteiger partial charge >= 0.3 is 0 Å². The number of aromatic nitrogens is 3. The number of hydrogen-bond donors (Lipinski definition) is 1. The Morgan fingerprint density at radius 2 is 2.31 bits per heavy atom. The summed E-state index contributed by atoms with van der Waals surface area (Å²) in [4.78, 5) is 15.0. The number of carbonyl (C=O) groups excluding carboxylic acids is 1. The second-order valence-corrected chi connectivity index (χ2v) is 3.40. The molecule has 1 N–H and O–H groups in total. The van der Waals surface area contributed by atoms with E-state index < -0.39 is 0 Å². The van der Waals surface area contributed by atoms with Crippen molar-refractivity contribution in [2.24, 2.45) is 0 Å². The molecule has 2 aromatic rings. The maximum Gasteiger partial charge on any atom is 0.222 e. The highest BCUT2D eigenvalue weighted by atomic mass is 16.1. The smallest absolute Gasteiger partial charge is 0.222 e. The van der Waals surface area contributed by atoms with Crippen molar-refractivity contribution >= 4 is 11.7 Å². The van der Waals surface area contributed by atoms with Crippen molar-refractivity contribution in [1.82, 2.24) is 14.8 Å². The van der Waals surface area contributed by atoms with Gasteiger partial charge in [0.05, 0.1) is 12.2 Å². The summed E-state index contributed by atoms with van der Waals surface area (Å²) in [6.07, 6.45) is 3.55. The SMILES string of the molecule is CC(=O)Nc1ccn(Cc2ccccn2)n1. The molecule has 0 saturated heterocycles. The Bertz CT molecular complexity index is 478. The zero-order chi connectivity index (χ0) is 11.4. The molecule has 2 rings (SSSR count). The Balaban J connectivity index is 2.06. The Hall–Kier alpha value is -2.17. The summed E-state index contributed by atoms with van der Waals surface area (Å²) in [5.41, 5.74) is 0.931. The molecule has 0 aliphatic carbocycles. The lowest BCUT2D eigenvalue weighted by Crippen LogP contribution is -2.08. The van der Waals surface area contributed by atoms with E-state index >= 15 is 0 Å². The summed E-state index contributed by atoms with van der Waals surface area (Å²) in [7, 11) is 0. The molecule has 0 aromatic carbocycles. The predicted molar refractivity (Wildman–Crippen MR) is 59.9 cm³/mol. The van der Waals surface area contributed by atoms with E-state index in [0.29, 0.717) is 12.4 Å². The van der Waals surface area contributed by atoms with Crippen LogP contribution in [0.5, 0.6) is 0 Å². The molecule has 2 heterocycles. The lowest BCUT2D eigenvalue weighted by molar-refractivity contribution is -0.114. The van der Waals surface area contributed by atoms with Crippen molar-refractivity contribution in [3.05, 3.63) is 42.4 Å². The molecule has 0 saturated carbocycles. The maximum absolute atomic E-state index is 10.8. The van der Waals surface area contributed by atoms with Gasteiger partial charge in [0.1, 0.15) is 0 Å². The standard InChI is InChI=1S/C11H12N4O/c1-9(16)13-11-5-7-15(14-11)8-10-4-2-3-6-12-10/h2-7H,8H2,1H3,(H,13,14,16). The third kappa shape index (κ3) is 2.66. The van der Waals surface area contributed by atoms with E-state index in [0.717, 1.165) is 5.69 Å². The van der Waals surface area contributed by atoms with Crippen LogP contribution in [-0.4, -0.2) is 20.7 Å². The number of anilines is 1. The molecule has 0 spiro atoms. The quantitative estimate of drug-likeness (QED) is 0.840. The minimum atomic E-state index is -0.122. The fourth-order valence-electron chi connectivity index (χ4n) is 1.35. The van der Waals surface area contributed by atoms with Gasteiger partial charge in [-0.25, -0.2) is 0 Å². The topological polar surface area (TPSA) is 59.8 Å². The van der Waals surface area contributed by atoms with E-state index in [4.69, 9.17) is 0 Å². The molecular formula is C11H12N4O. The third-order valence-electron chi connectivity index (χ3n) is 1.99. The molecule has 5 nitrogen and oxygen atoms in total. The van der Waals surface area contributed by atoms with E-state index in [1.165, 1.54) is 6.92 Å². The van der Waals surface area contributed by atoms with E-state index in [9.17, 15) is 4.79 Å². The van der Waals surface area contributed by atoms with Crippen molar-refractivity contribution in [3.8, 4) is 0 Å². The molecule has 0 aliphatic rings. The Morgan fingerprint density at radius 1 is 1.44 bits per heavy atom. The summed E-state index contributed by atoms with van der Waals surface area (Å²) in [6, 6.07) is 7.49. The molecule has 1 amide bonds. The molecule has 2 aromatic heterocycles. The van der Waals surface area contributed by atoms with Gasteiger partial charge in [0.25, 0.3) is 0 Å². The molecule has 0 bridgehead atoms. The monoisotopic (exact) mass is 216 g/mol. The zero-order valence-corrected chi connectivity index (χ0v) is 8.92. The molecule has 0 unspecified atom stereocenters. The fourth-order valence-corrected chi connectivity index (χ4v) is 1.35. The summed E-state index contributed by atoms with van der Waals surface area (Å²) < 4.78 is 1.73. The second-order valence-electron chi connectivity index (χ2n) is 3.40. The lowest BCUT2D eigenvalue weighted by atomic mass is 10.3. The highest BCUT2D eigenvalue weighted by molar-refractivity contribution is 5.87. The zero-order valence-electron chi connectivity index (χ0n) is 8.92. The van der Waals surface area contributed by atoms with Gasteiger partial charge in [-0.3, -0.25) is 14.5 Å². The van der Waals surface area contributed by atoms with E-state index in [1.807, 2.05) is 18.2 Å².